The third kappa shape index (κ3) is 8.14. The monoisotopic (exact) mass is 407 g/mol. The molecule has 1 N–H and O–H groups in total. The number of Topliss-reactive ketones (excluding diaryl/α,β-unsaturated/α-hetero) is 1. The van der Waals surface area contributed by atoms with Crippen molar-refractivity contribution in [2.45, 2.75) is 26.2 Å². The Bertz CT molecular complexity index is 731. The van der Waals surface area contributed by atoms with E-state index in [0.29, 0.717) is 25.0 Å². The van der Waals surface area contributed by atoms with E-state index in [1.807, 2.05) is 6.26 Å². The second kappa shape index (κ2) is 13.5. The minimum atomic E-state index is -0.648. The van der Waals surface area contributed by atoms with Gasteiger partial charge in [-0.05, 0) is 52.7 Å². The first kappa shape index (κ1) is 22.4. The first-order valence-electron chi connectivity index (χ1n) is 7.82. The average molecular weight is 408 g/mol. The smallest absolute Gasteiger partial charge is 0.411 e. The van der Waals surface area contributed by atoms with Crippen molar-refractivity contribution in [2.24, 2.45) is 0 Å². The van der Waals surface area contributed by atoms with Gasteiger partial charge in [0.15, 0.2) is 5.78 Å². The number of nitrogens with one attached hydrogen (secondary N) is 1. The number of carbonyl (C=O) groups is 2. The molecule has 138 valence electrons. The summed E-state index contributed by atoms with van der Waals surface area (Å²) in [6.07, 6.45) is 8.23. The van der Waals surface area contributed by atoms with E-state index >= 15 is 0 Å². The van der Waals surface area contributed by atoms with Crippen molar-refractivity contribution in [1.82, 2.24) is 5.32 Å². The number of amides is 1. The zero-order chi connectivity index (χ0) is 19.2. The predicted molar refractivity (Wildman–Crippen MR) is 113 cm³/mol. The molecule has 0 aromatic rings. The molecular formula is C19H21NO3S3. The van der Waals surface area contributed by atoms with E-state index in [-0.39, 0.29) is 5.78 Å². The van der Waals surface area contributed by atoms with E-state index in [1.165, 1.54) is 7.11 Å². The van der Waals surface area contributed by atoms with Crippen molar-refractivity contribution in [2.75, 3.05) is 19.1 Å². The molecular weight excluding hydrogens is 386 g/mol. The molecule has 0 unspecified atom stereocenters. The van der Waals surface area contributed by atoms with Gasteiger partial charge in [-0.1, -0.05) is 45.4 Å². The van der Waals surface area contributed by atoms with Crippen molar-refractivity contribution in [3.63, 3.8) is 0 Å². The third-order valence-electron chi connectivity index (χ3n) is 3.28. The van der Waals surface area contributed by atoms with Gasteiger partial charge in [-0.2, -0.15) is 0 Å². The second-order valence-electron chi connectivity index (χ2n) is 4.87. The Hall–Kier alpha value is -1.67. The molecule has 4 nitrogen and oxygen atoms in total. The van der Waals surface area contributed by atoms with Gasteiger partial charge in [-0.3, -0.25) is 10.1 Å². The zero-order valence-corrected chi connectivity index (χ0v) is 17.5. The lowest BCUT2D eigenvalue weighted by molar-refractivity contribution is -0.116. The zero-order valence-electron chi connectivity index (χ0n) is 15.0. The van der Waals surface area contributed by atoms with Crippen molar-refractivity contribution < 1.29 is 14.3 Å². The summed E-state index contributed by atoms with van der Waals surface area (Å²) in [5, 5.41) is 2.57. The maximum Gasteiger partial charge on any atom is 0.411 e. The van der Waals surface area contributed by atoms with Gasteiger partial charge in [0.05, 0.1) is 12.8 Å². The van der Waals surface area contributed by atoms with Crippen molar-refractivity contribution in [3.05, 3.63) is 35.1 Å². The number of alkyl carbamates (subject to hydrolysis) is 1. The Balaban J connectivity index is 3.08. The molecule has 26 heavy (non-hydrogen) atoms. The van der Waals surface area contributed by atoms with Gasteiger partial charge in [-0.25, -0.2) is 4.79 Å². The van der Waals surface area contributed by atoms with Gasteiger partial charge in [0.25, 0.3) is 0 Å². The highest BCUT2D eigenvalue weighted by Crippen LogP contribution is 2.34. The van der Waals surface area contributed by atoms with Crippen LogP contribution >= 0.6 is 31.4 Å². The molecule has 0 saturated carbocycles. The summed E-state index contributed by atoms with van der Waals surface area (Å²) in [4.78, 5) is 23.9. The first-order valence-corrected chi connectivity index (χ1v) is 11.9. The van der Waals surface area contributed by atoms with Crippen LogP contribution in [0.3, 0.4) is 0 Å². The van der Waals surface area contributed by atoms with E-state index in [9.17, 15) is 9.59 Å². The molecule has 1 aliphatic rings. The summed E-state index contributed by atoms with van der Waals surface area (Å²) in [5.41, 5.74) is 2.12. The van der Waals surface area contributed by atoms with Crippen LogP contribution in [0.2, 0.25) is 0 Å². The molecule has 1 aliphatic carbocycles. The maximum atomic E-state index is 12.3. The van der Waals surface area contributed by atoms with E-state index in [4.69, 9.17) is 0 Å². The molecule has 0 saturated heterocycles. The molecule has 0 aliphatic heterocycles. The molecule has 0 aromatic heterocycles. The van der Waals surface area contributed by atoms with Gasteiger partial charge in [0, 0.05) is 18.6 Å². The molecule has 1 rings (SSSR count). The molecule has 0 heterocycles. The van der Waals surface area contributed by atoms with Crippen molar-refractivity contribution >= 4 is 43.3 Å². The van der Waals surface area contributed by atoms with Gasteiger partial charge in [-0.15, -0.1) is 5.92 Å². The molecule has 0 aromatic carbocycles. The molecule has 0 fully saturated rings. The fraction of sp³-hybridized carbons (Fsp3) is 0.368. The molecule has 0 bridgehead atoms. The van der Waals surface area contributed by atoms with Crippen LogP contribution in [-0.4, -0.2) is 31.0 Å². The van der Waals surface area contributed by atoms with E-state index in [0.717, 1.165) is 16.9 Å². The standard InChI is InChI=1S/C19H21NO3S3/c1-4-5-6-7-8-9-10-16-15(13-14-25-26-24-3)11-12-17(21)18(16)20-19(22)23-2/h6-7,13H,10-12,14H2,1-3H3,(H,20,22)/b7-6-,15-13-. The summed E-state index contributed by atoms with van der Waals surface area (Å²) < 4.78 is 4.64. The van der Waals surface area contributed by atoms with Gasteiger partial charge < -0.3 is 4.74 Å². The SMILES string of the molecule is CC#C/C=C\C#CCC1=C(NC(=O)OC)C(=O)CC/C1=C/CSSSC. The van der Waals surface area contributed by atoms with Crippen LogP contribution in [0, 0.1) is 23.7 Å². The predicted octanol–water partition coefficient (Wildman–Crippen LogP) is 4.52. The highest BCUT2D eigenvalue weighted by Gasteiger charge is 2.25. The fourth-order valence-corrected chi connectivity index (χ4v) is 4.60. The highest BCUT2D eigenvalue weighted by molar-refractivity contribution is 9.09. The maximum absolute atomic E-state index is 12.3. The number of hydrogen-bond acceptors (Lipinski definition) is 6. The van der Waals surface area contributed by atoms with E-state index in [2.05, 4.69) is 39.8 Å². The molecule has 0 radical (unpaired) electrons. The lowest BCUT2D eigenvalue weighted by Gasteiger charge is -2.21. The average Bonchev–Trinajstić information content (AvgIpc) is 2.65. The van der Waals surface area contributed by atoms with Crippen LogP contribution in [0.25, 0.3) is 0 Å². The third-order valence-corrected chi connectivity index (χ3v) is 7.01. The number of methoxy groups -OCH3 is 1. The van der Waals surface area contributed by atoms with Crippen molar-refractivity contribution in [1.29, 1.82) is 0 Å². The van der Waals surface area contributed by atoms with Crippen LogP contribution in [0.15, 0.2) is 35.1 Å². The Morgan fingerprint density at radius 1 is 1.31 bits per heavy atom. The van der Waals surface area contributed by atoms with E-state index in [1.54, 1.807) is 50.5 Å². The highest BCUT2D eigenvalue weighted by atomic mass is 33.5. The molecule has 1 amide bonds. The number of ether oxygens (including phenoxy) is 1. The van der Waals surface area contributed by atoms with Crippen LogP contribution in [-0.2, 0) is 9.53 Å². The summed E-state index contributed by atoms with van der Waals surface area (Å²) in [6, 6.07) is 0. The largest absolute Gasteiger partial charge is 0.453 e. The molecule has 0 spiro atoms. The number of ketones is 1. The number of allylic oxidation sites excluding steroid dienone is 5. The quantitative estimate of drug-likeness (QED) is 0.397. The normalized spacial score (nSPS) is 15.3. The molecule has 7 heteroatoms. The summed E-state index contributed by atoms with van der Waals surface area (Å²) in [5.74, 6) is 12.2. The minimum Gasteiger partial charge on any atom is -0.453 e. The Kier molecular flexibility index (Phi) is 11.6. The van der Waals surface area contributed by atoms with Crippen LogP contribution in [0.5, 0.6) is 0 Å². The first-order chi connectivity index (χ1) is 12.6. The summed E-state index contributed by atoms with van der Waals surface area (Å²) >= 11 is 0. The van der Waals surface area contributed by atoms with Crippen molar-refractivity contribution in [3.8, 4) is 23.7 Å². The number of carbonyl (C=O) groups excluding carboxylic acids is 2. The number of hydrogen-bond donors (Lipinski definition) is 1. The van der Waals surface area contributed by atoms with Crippen LogP contribution in [0.1, 0.15) is 26.2 Å². The Labute approximate surface area is 166 Å². The minimum absolute atomic E-state index is 0.0946. The Morgan fingerprint density at radius 3 is 2.77 bits per heavy atom. The van der Waals surface area contributed by atoms with Crippen LogP contribution in [0.4, 0.5) is 4.79 Å². The fourth-order valence-electron chi connectivity index (χ4n) is 2.15. The summed E-state index contributed by atoms with van der Waals surface area (Å²) in [7, 11) is 6.40. The van der Waals surface area contributed by atoms with Gasteiger partial charge >= 0.3 is 6.09 Å². The lowest BCUT2D eigenvalue weighted by atomic mass is 9.88. The van der Waals surface area contributed by atoms with Gasteiger partial charge in [0.1, 0.15) is 0 Å². The summed E-state index contributed by atoms with van der Waals surface area (Å²) in [6.45, 7) is 1.76. The number of rotatable bonds is 6. The van der Waals surface area contributed by atoms with Gasteiger partial charge in [0.2, 0.25) is 0 Å². The Morgan fingerprint density at radius 2 is 2.08 bits per heavy atom. The van der Waals surface area contributed by atoms with E-state index < -0.39 is 6.09 Å². The van der Waals surface area contributed by atoms with Crippen LogP contribution < -0.4 is 5.32 Å². The second-order valence-corrected chi connectivity index (χ2v) is 9.25. The molecule has 0 atom stereocenters. The lowest BCUT2D eigenvalue weighted by Crippen LogP contribution is -2.31. The topological polar surface area (TPSA) is 55.4 Å².